The SMILES string of the molecule is CN(C)CCN(C)c1nc2c(S(=O)(=O)c3cccc(Cl)c3)nnn2c2ccsc12.Cl.Cl.Cl. The van der Waals surface area contributed by atoms with Crippen molar-refractivity contribution in [3.05, 3.63) is 40.7 Å². The standard InChI is InChI=1S/C18H19ClN6O2S2.3ClH/c1-23(2)8-9-24(3)16-15-14(7-10-28-15)25-17(20-16)18(21-22-25)29(26,27)13-6-4-5-12(19)11-13;;;/h4-7,10-11H,8-9H2,1-3H3;3*1H. The predicted octanol–water partition coefficient (Wildman–Crippen LogP) is 4.09. The quantitative estimate of drug-likeness (QED) is 0.352. The Kier molecular flexibility index (Phi) is 9.98. The van der Waals surface area contributed by atoms with Crippen LogP contribution in [0.1, 0.15) is 0 Å². The van der Waals surface area contributed by atoms with Crippen molar-refractivity contribution >= 4 is 91.7 Å². The molecule has 1 aromatic carbocycles. The van der Waals surface area contributed by atoms with Crippen molar-refractivity contribution in [2.24, 2.45) is 0 Å². The topological polar surface area (TPSA) is 83.7 Å². The third-order valence-corrected chi connectivity index (χ3v) is 7.29. The zero-order chi connectivity index (χ0) is 20.8. The molecule has 0 saturated heterocycles. The maximum atomic E-state index is 13.2. The fourth-order valence-electron chi connectivity index (χ4n) is 2.94. The van der Waals surface area contributed by atoms with Gasteiger partial charge in [0.15, 0.2) is 11.5 Å². The van der Waals surface area contributed by atoms with Gasteiger partial charge < -0.3 is 9.80 Å². The second-order valence-corrected chi connectivity index (χ2v) is 10.1. The van der Waals surface area contributed by atoms with E-state index in [2.05, 4.69) is 20.2 Å². The van der Waals surface area contributed by atoms with Gasteiger partial charge in [0.1, 0.15) is 0 Å². The normalized spacial score (nSPS) is 11.2. The van der Waals surface area contributed by atoms with Gasteiger partial charge >= 0.3 is 0 Å². The van der Waals surface area contributed by atoms with Crippen LogP contribution in [0, 0.1) is 0 Å². The predicted molar refractivity (Wildman–Crippen MR) is 137 cm³/mol. The van der Waals surface area contributed by atoms with Crippen molar-refractivity contribution in [2.75, 3.05) is 39.1 Å². The number of fused-ring (bicyclic) bond motifs is 3. The molecule has 3 aromatic heterocycles. The summed E-state index contributed by atoms with van der Waals surface area (Å²) in [5, 5.41) is 10.1. The van der Waals surface area contributed by atoms with E-state index in [1.807, 2.05) is 37.5 Å². The summed E-state index contributed by atoms with van der Waals surface area (Å²) in [6.07, 6.45) is 0. The van der Waals surface area contributed by atoms with E-state index in [0.717, 1.165) is 23.3 Å². The minimum atomic E-state index is -3.93. The molecule has 4 rings (SSSR count). The van der Waals surface area contributed by atoms with Crippen molar-refractivity contribution in [3.8, 4) is 0 Å². The lowest BCUT2D eigenvalue weighted by Gasteiger charge is -2.21. The molecule has 0 N–H and O–H groups in total. The van der Waals surface area contributed by atoms with Gasteiger partial charge in [-0.25, -0.2) is 13.4 Å². The van der Waals surface area contributed by atoms with Crippen molar-refractivity contribution in [1.82, 2.24) is 24.7 Å². The fourth-order valence-corrected chi connectivity index (χ4v) is 5.39. The minimum absolute atomic E-state index is 0. The van der Waals surface area contributed by atoms with E-state index in [1.54, 1.807) is 12.1 Å². The Bertz CT molecular complexity index is 1310. The minimum Gasteiger partial charge on any atom is -0.357 e. The first-order chi connectivity index (χ1) is 13.8. The first kappa shape index (κ1) is 28.6. The lowest BCUT2D eigenvalue weighted by molar-refractivity contribution is 0.416. The first-order valence-electron chi connectivity index (χ1n) is 8.78. The van der Waals surface area contributed by atoms with E-state index in [-0.39, 0.29) is 52.8 Å². The number of benzene rings is 1. The molecule has 0 amide bonds. The second-order valence-electron chi connectivity index (χ2n) is 6.89. The van der Waals surface area contributed by atoms with Crippen LogP contribution in [-0.2, 0) is 9.84 Å². The zero-order valence-electron chi connectivity index (χ0n) is 17.3. The maximum Gasteiger partial charge on any atom is 0.229 e. The summed E-state index contributed by atoms with van der Waals surface area (Å²) in [7, 11) is 2.02. The van der Waals surface area contributed by atoms with Gasteiger partial charge in [-0.05, 0) is 43.7 Å². The van der Waals surface area contributed by atoms with Crippen LogP contribution in [0.25, 0.3) is 15.9 Å². The molecule has 0 spiro atoms. The van der Waals surface area contributed by atoms with Crippen LogP contribution in [0.3, 0.4) is 0 Å². The maximum absolute atomic E-state index is 13.2. The molecule has 8 nitrogen and oxygen atoms in total. The van der Waals surface area contributed by atoms with Gasteiger partial charge in [-0.1, -0.05) is 22.9 Å². The molecule has 0 aliphatic rings. The smallest absolute Gasteiger partial charge is 0.229 e. The average Bonchev–Trinajstić information content (AvgIpc) is 3.32. The number of sulfone groups is 1. The summed E-state index contributed by atoms with van der Waals surface area (Å²) in [5.41, 5.74) is 0.967. The molecule has 0 aliphatic heterocycles. The number of aromatic nitrogens is 4. The molecule has 32 heavy (non-hydrogen) atoms. The highest BCUT2D eigenvalue weighted by molar-refractivity contribution is 7.91. The van der Waals surface area contributed by atoms with Crippen LogP contribution in [0.2, 0.25) is 5.02 Å². The Morgan fingerprint density at radius 2 is 1.81 bits per heavy atom. The van der Waals surface area contributed by atoms with Crippen molar-refractivity contribution in [2.45, 2.75) is 9.92 Å². The molecule has 0 saturated carbocycles. The van der Waals surface area contributed by atoms with Crippen molar-refractivity contribution in [1.29, 1.82) is 0 Å². The third kappa shape index (κ3) is 5.22. The lowest BCUT2D eigenvalue weighted by Crippen LogP contribution is -2.29. The average molecular weight is 560 g/mol. The number of anilines is 1. The summed E-state index contributed by atoms with van der Waals surface area (Å²) < 4.78 is 28.8. The van der Waals surface area contributed by atoms with Gasteiger partial charge in [0, 0.05) is 25.2 Å². The molecular formula is C18H22Cl4N6O2S2. The molecule has 0 aliphatic carbocycles. The number of likely N-dealkylation sites (N-methyl/N-ethyl adjacent to an activating group) is 2. The molecule has 0 unspecified atom stereocenters. The summed E-state index contributed by atoms with van der Waals surface area (Å²) in [4.78, 5) is 8.82. The van der Waals surface area contributed by atoms with Crippen LogP contribution >= 0.6 is 60.2 Å². The first-order valence-corrected chi connectivity index (χ1v) is 11.5. The Morgan fingerprint density at radius 1 is 1.09 bits per heavy atom. The number of thiophene rings is 1. The van der Waals surface area contributed by atoms with Gasteiger partial charge in [0.05, 0.1) is 15.1 Å². The van der Waals surface area contributed by atoms with E-state index >= 15 is 0 Å². The lowest BCUT2D eigenvalue weighted by atomic mass is 10.4. The highest BCUT2D eigenvalue weighted by Gasteiger charge is 2.28. The van der Waals surface area contributed by atoms with Gasteiger partial charge in [-0.2, -0.15) is 4.52 Å². The van der Waals surface area contributed by atoms with Crippen LogP contribution in [0.4, 0.5) is 5.82 Å². The van der Waals surface area contributed by atoms with Crippen LogP contribution in [-0.4, -0.2) is 67.4 Å². The largest absolute Gasteiger partial charge is 0.357 e. The number of rotatable bonds is 6. The van der Waals surface area contributed by atoms with Gasteiger partial charge in [-0.15, -0.1) is 53.7 Å². The van der Waals surface area contributed by atoms with E-state index in [4.69, 9.17) is 11.6 Å². The summed E-state index contributed by atoms with van der Waals surface area (Å²) in [6, 6.07) is 7.98. The van der Waals surface area contributed by atoms with Gasteiger partial charge in [0.25, 0.3) is 0 Å². The van der Waals surface area contributed by atoms with E-state index in [9.17, 15) is 8.42 Å². The highest BCUT2D eigenvalue weighted by atomic mass is 35.5. The van der Waals surface area contributed by atoms with E-state index in [1.165, 1.54) is 28.0 Å². The Morgan fingerprint density at radius 3 is 2.47 bits per heavy atom. The van der Waals surface area contributed by atoms with Crippen LogP contribution in [0.15, 0.2) is 45.6 Å². The molecule has 4 aromatic rings. The molecule has 0 fully saturated rings. The third-order valence-electron chi connectivity index (χ3n) is 4.51. The Labute approximate surface area is 213 Å². The fraction of sp³-hybridized carbons (Fsp3) is 0.278. The van der Waals surface area contributed by atoms with Gasteiger partial charge in [0.2, 0.25) is 14.9 Å². The monoisotopic (exact) mass is 558 g/mol. The zero-order valence-corrected chi connectivity index (χ0v) is 22.1. The van der Waals surface area contributed by atoms with Crippen LogP contribution in [0.5, 0.6) is 0 Å². The summed E-state index contributed by atoms with van der Waals surface area (Å²) >= 11 is 7.52. The molecule has 176 valence electrons. The highest BCUT2D eigenvalue weighted by Crippen LogP contribution is 2.32. The van der Waals surface area contributed by atoms with E-state index in [0.29, 0.717) is 10.8 Å². The molecular weight excluding hydrogens is 538 g/mol. The molecule has 3 heterocycles. The number of hydrogen-bond donors (Lipinski definition) is 0. The van der Waals surface area contributed by atoms with Crippen LogP contribution < -0.4 is 4.90 Å². The number of hydrogen-bond acceptors (Lipinski definition) is 8. The Balaban J connectivity index is 0.00000171. The second kappa shape index (κ2) is 11.1. The number of halogens is 4. The summed E-state index contributed by atoms with van der Waals surface area (Å²) in [6.45, 7) is 1.57. The molecule has 0 radical (unpaired) electrons. The summed E-state index contributed by atoms with van der Waals surface area (Å²) in [5.74, 6) is 0.703. The van der Waals surface area contributed by atoms with E-state index < -0.39 is 9.84 Å². The molecule has 14 heteroatoms. The van der Waals surface area contributed by atoms with Crippen molar-refractivity contribution in [3.63, 3.8) is 0 Å². The molecule has 0 atom stereocenters. The van der Waals surface area contributed by atoms with Crippen molar-refractivity contribution < 1.29 is 8.42 Å². The number of nitrogens with zero attached hydrogens (tertiary/aromatic N) is 6. The Hall–Kier alpha value is -1.40. The van der Waals surface area contributed by atoms with Gasteiger partial charge in [-0.3, -0.25) is 0 Å². The molecule has 0 bridgehead atoms.